The Bertz CT molecular complexity index is 421. The first-order chi connectivity index (χ1) is 6.77. The van der Waals surface area contributed by atoms with Crippen LogP contribution in [0.2, 0.25) is 0 Å². The fraction of sp³-hybridized carbons (Fsp3) is 0.182. The van der Waals surface area contributed by atoms with Crippen molar-refractivity contribution >= 4 is 0 Å². The molecule has 3 heteroatoms. The molecule has 0 atom stereocenters. The van der Waals surface area contributed by atoms with Gasteiger partial charge in [0.25, 0.3) is 0 Å². The fourth-order valence-corrected chi connectivity index (χ4v) is 0.924. The van der Waals surface area contributed by atoms with Gasteiger partial charge in [0, 0.05) is 12.0 Å². The van der Waals surface area contributed by atoms with Gasteiger partial charge in [0.1, 0.15) is 11.8 Å². The molecule has 1 aromatic carbocycles. The molecule has 0 saturated carbocycles. The Kier molecular flexibility index (Phi) is 3.55. The summed E-state index contributed by atoms with van der Waals surface area (Å²) in [4.78, 5) is 0. The van der Waals surface area contributed by atoms with Crippen molar-refractivity contribution in [2.24, 2.45) is 0 Å². The van der Waals surface area contributed by atoms with E-state index in [-0.39, 0.29) is 17.9 Å². The van der Waals surface area contributed by atoms with Crippen molar-refractivity contribution in [2.75, 3.05) is 6.61 Å². The molecule has 14 heavy (non-hydrogen) atoms. The van der Waals surface area contributed by atoms with Crippen molar-refractivity contribution in [1.29, 1.82) is 5.26 Å². The van der Waals surface area contributed by atoms with E-state index < -0.39 is 0 Å². The second-order valence-corrected chi connectivity index (χ2v) is 2.62. The topological polar surface area (TPSA) is 64.2 Å². The van der Waals surface area contributed by atoms with Gasteiger partial charge in [-0.15, -0.1) is 0 Å². The largest absolute Gasteiger partial charge is 0.507 e. The van der Waals surface area contributed by atoms with E-state index >= 15 is 0 Å². The third-order valence-corrected chi connectivity index (χ3v) is 1.59. The number of hydrogen-bond acceptors (Lipinski definition) is 3. The normalized spacial score (nSPS) is 8.57. The number of aromatic hydroxyl groups is 1. The summed E-state index contributed by atoms with van der Waals surface area (Å²) in [6.07, 6.45) is 0.406. The molecule has 3 nitrogen and oxygen atoms in total. The summed E-state index contributed by atoms with van der Waals surface area (Å²) in [6.45, 7) is 0.0240. The molecule has 0 heterocycles. The van der Waals surface area contributed by atoms with Crippen LogP contribution in [-0.4, -0.2) is 16.8 Å². The standard InChI is InChI=1S/C11H9NO2/c12-8-10-7-9(3-1-2-6-13)4-5-11(10)14/h4-5,7,13-14H,2,6H2. The lowest BCUT2D eigenvalue weighted by molar-refractivity contribution is 0.305. The summed E-state index contributed by atoms with van der Waals surface area (Å²) in [5.74, 6) is 5.46. The first kappa shape index (κ1) is 10.1. The number of aliphatic hydroxyl groups excluding tert-OH is 1. The van der Waals surface area contributed by atoms with Gasteiger partial charge >= 0.3 is 0 Å². The summed E-state index contributed by atoms with van der Waals surface area (Å²) in [6, 6.07) is 6.43. The second-order valence-electron chi connectivity index (χ2n) is 2.62. The summed E-state index contributed by atoms with van der Waals surface area (Å²) in [5.41, 5.74) is 0.869. The number of phenols is 1. The number of aliphatic hydroxyl groups is 1. The lowest BCUT2D eigenvalue weighted by Gasteiger charge is -1.95. The van der Waals surface area contributed by atoms with Gasteiger partial charge in [-0.3, -0.25) is 0 Å². The smallest absolute Gasteiger partial charge is 0.133 e. The van der Waals surface area contributed by atoms with Crippen LogP contribution in [0.3, 0.4) is 0 Å². The maximum atomic E-state index is 9.20. The van der Waals surface area contributed by atoms with E-state index in [1.165, 1.54) is 12.1 Å². The maximum Gasteiger partial charge on any atom is 0.133 e. The summed E-state index contributed by atoms with van der Waals surface area (Å²) in [7, 11) is 0. The Morgan fingerprint density at radius 3 is 2.79 bits per heavy atom. The molecule has 0 aliphatic heterocycles. The Morgan fingerprint density at radius 1 is 1.36 bits per heavy atom. The lowest BCUT2D eigenvalue weighted by atomic mass is 10.1. The molecule has 1 aromatic rings. The van der Waals surface area contributed by atoms with E-state index in [2.05, 4.69) is 11.8 Å². The molecule has 0 aliphatic rings. The Labute approximate surface area is 82.2 Å². The predicted molar refractivity (Wildman–Crippen MR) is 51.4 cm³/mol. The zero-order valence-corrected chi connectivity index (χ0v) is 7.49. The highest BCUT2D eigenvalue weighted by molar-refractivity contribution is 5.49. The van der Waals surface area contributed by atoms with Crippen LogP contribution in [0.4, 0.5) is 0 Å². The first-order valence-corrected chi connectivity index (χ1v) is 4.11. The third-order valence-electron chi connectivity index (χ3n) is 1.59. The van der Waals surface area contributed by atoms with E-state index in [0.29, 0.717) is 12.0 Å². The molecule has 0 fully saturated rings. The lowest BCUT2D eigenvalue weighted by Crippen LogP contribution is -1.81. The minimum absolute atomic E-state index is 0.0240. The second kappa shape index (κ2) is 4.91. The zero-order chi connectivity index (χ0) is 10.4. The van der Waals surface area contributed by atoms with Crippen LogP contribution in [0, 0.1) is 23.2 Å². The number of rotatable bonds is 1. The molecule has 0 saturated heterocycles. The van der Waals surface area contributed by atoms with Crippen LogP contribution in [0.25, 0.3) is 0 Å². The third kappa shape index (κ3) is 2.52. The van der Waals surface area contributed by atoms with Crippen molar-refractivity contribution in [3.8, 4) is 23.7 Å². The van der Waals surface area contributed by atoms with Crippen LogP contribution >= 0.6 is 0 Å². The summed E-state index contributed by atoms with van der Waals surface area (Å²) in [5, 5.41) is 26.3. The Morgan fingerprint density at radius 2 is 2.14 bits per heavy atom. The molecule has 0 aromatic heterocycles. The van der Waals surface area contributed by atoms with E-state index in [1.54, 1.807) is 6.07 Å². The molecule has 70 valence electrons. The minimum atomic E-state index is -0.0415. The first-order valence-electron chi connectivity index (χ1n) is 4.11. The fourth-order valence-electron chi connectivity index (χ4n) is 0.924. The molecular weight excluding hydrogens is 178 g/mol. The molecule has 2 N–H and O–H groups in total. The van der Waals surface area contributed by atoms with E-state index in [9.17, 15) is 5.11 Å². The number of nitrogens with zero attached hydrogens (tertiary/aromatic N) is 1. The number of phenolic OH excluding ortho intramolecular Hbond substituents is 1. The van der Waals surface area contributed by atoms with E-state index in [1.807, 2.05) is 6.07 Å². The van der Waals surface area contributed by atoms with Crippen LogP contribution in [0.15, 0.2) is 18.2 Å². The molecular formula is C11H9NO2. The average molecular weight is 187 g/mol. The van der Waals surface area contributed by atoms with Gasteiger partial charge in [0.2, 0.25) is 0 Å². The summed E-state index contributed by atoms with van der Waals surface area (Å²) >= 11 is 0. The van der Waals surface area contributed by atoms with Crippen molar-refractivity contribution in [1.82, 2.24) is 0 Å². The zero-order valence-electron chi connectivity index (χ0n) is 7.49. The molecule has 0 amide bonds. The van der Waals surface area contributed by atoms with Crippen LogP contribution in [-0.2, 0) is 0 Å². The number of benzene rings is 1. The Balaban J connectivity index is 2.93. The molecule has 0 unspecified atom stereocenters. The van der Waals surface area contributed by atoms with E-state index in [0.717, 1.165) is 0 Å². The average Bonchev–Trinajstić information content (AvgIpc) is 2.21. The van der Waals surface area contributed by atoms with Crippen molar-refractivity contribution in [3.63, 3.8) is 0 Å². The number of hydrogen-bond donors (Lipinski definition) is 2. The predicted octanol–water partition coefficient (Wildman–Crippen LogP) is 0.998. The maximum absolute atomic E-state index is 9.20. The van der Waals surface area contributed by atoms with Gasteiger partial charge < -0.3 is 10.2 Å². The highest BCUT2D eigenvalue weighted by atomic mass is 16.3. The summed E-state index contributed by atoms with van der Waals surface area (Å²) < 4.78 is 0. The van der Waals surface area contributed by atoms with Crippen molar-refractivity contribution in [2.45, 2.75) is 6.42 Å². The SMILES string of the molecule is N#Cc1cc(C#CCCO)ccc1O. The van der Waals surface area contributed by atoms with Gasteiger partial charge in [-0.2, -0.15) is 5.26 Å². The van der Waals surface area contributed by atoms with Gasteiger partial charge in [0.05, 0.1) is 12.2 Å². The van der Waals surface area contributed by atoms with Gasteiger partial charge in [-0.05, 0) is 18.2 Å². The van der Waals surface area contributed by atoms with Gasteiger partial charge in [-0.1, -0.05) is 11.8 Å². The molecule has 1 rings (SSSR count). The highest BCUT2D eigenvalue weighted by Gasteiger charge is 1.98. The highest BCUT2D eigenvalue weighted by Crippen LogP contribution is 2.16. The van der Waals surface area contributed by atoms with Crippen LogP contribution in [0.5, 0.6) is 5.75 Å². The van der Waals surface area contributed by atoms with Gasteiger partial charge in [0.15, 0.2) is 0 Å². The molecule has 0 aliphatic carbocycles. The van der Waals surface area contributed by atoms with Crippen molar-refractivity contribution in [3.05, 3.63) is 29.3 Å². The van der Waals surface area contributed by atoms with Crippen molar-refractivity contribution < 1.29 is 10.2 Å². The van der Waals surface area contributed by atoms with Crippen LogP contribution in [0.1, 0.15) is 17.5 Å². The van der Waals surface area contributed by atoms with Crippen LogP contribution < -0.4 is 0 Å². The molecule has 0 spiro atoms. The Hall–Kier alpha value is -1.97. The molecule has 0 radical (unpaired) electrons. The number of nitriles is 1. The minimum Gasteiger partial charge on any atom is -0.507 e. The van der Waals surface area contributed by atoms with Gasteiger partial charge in [-0.25, -0.2) is 0 Å². The van der Waals surface area contributed by atoms with E-state index in [4.69, 9.17) is 10.4 Å². The molecule has 0 bridgehead atoms. The monoisotopic (exact) mass is 187 g/mol. The quantitative estimate of drug-likeness (QED) is 0.644.